The highest BCUT2D eigenvalue weighted by atomic mass is 16.5. The number of hydrogen-bond acceptors (Lipinski definition) is 3. The summed E-state index contributed by atoms with van der Waals surface area (Å²) in [7, 11) is 1.61. The Bertz CT molecular complexity index is 442. The van der Waals surface area contributed by atoms with E-state index in [1.165, 1.54) is 0 Å². The topological polar surface area (TPSA) is 70.6 Å². The van der Waals surface area contributed by atoms with Gasteiger partial charge in [0.25, 0.3) is 0 Å². The summed E-state index contributed by atoms with van der Waals surface area (Å²) < 4.78 is 5.16. The first-order valence-corrected chi connectivity index (χ1v) is 6.28. The zero-order valence-corrected chi connectivity index (χ0v) is 11.9. The summed E-state index contributed by atoms with van der Waals surface area (Å²) >= 11 is 0. The van der Waals surface area contributed by atoms with Crippen molar-refractivity contribution in [3.63, 3.8) is 0 Å². The van der Waals surface area contributed by atoms with Gasteiger partial charge in [0.2, 0.25) is 0 Å². The van der Waals surface area contributed by atoms with Gasteiger partial charge in [0.15, 0.2) is 0 Å². The van der Waals surface area contributed by atoms with Crippen molar-refractivity contribution in [2.45, 2.75) is 32.7 Å². The van der Waals surface area contributed by atoms with Crippen molar-refractivity contribution in [2.24, 2.45) is 0 Å². The molecule has 0 aliphatic carbocycles. The molecular formula is C14H22N2O3. The molecule has 0 heterocycles. The number of anilines is 1. The smallest absolute Gasteiger partial charge is 0.319 e. The van der Waals surface area contributed by atoms with Crippen LogP contribution in [0, 0.1) is 6.92 Å². The van der Waals surface area contributed by atoms with Crippen LogP contribution in [-0.4, -0.2) is 30.4 Å². The molecule has 1 aromatic rings. The standard InChI is InChI=1S/C14H22N2O3/c1-5-14(3,9-17)16-13(18)15-11-6-7-12(19-4)10(2)8-11/h6-8,17H,5,9H2,1-4H3,(H2,15,16,18). The average Bonchev–Trinajstić information content (AvgIpc) is 2.38. The van der Waals surface area contributed by atoms with Crippen LogP contribution in [0.1, 0.15) is 25.8 Å². The molecule has 3 N–H and O–H groups in total. The van der Waals surface area contributed by atoms with Gasteiger partial charge < -0.3 is 20.5 Å². The van der Waals surface area contributed by atoms with E-state index in [4.69, 9.17) is 4.74 Å². The minimum absolute atomic E-state index is 0.0987. The second kappa shape index (κ2) is 6.43. The van der Waals surface area contributed by atoms with Crippen LogP contribution in [0.3, 0.4) is 0 Å². The summed E-state index contributed by atoms with van der Waals surface area (Å²) in [4.78, 5) is 11.8. The molecule has 0 aliphatic rings. The molecule has 0 spiro atoms. The third-order valence-electron chi connectivity index (χ3n) is 3.20. The van der Waals surface area contributed by atoms with E-state index in [1.807, 2.05) is 19.9 Å². The van der Waals surface area contributed by atoms with E-state index in [9.17, 15) is 9.90 Å². The zero-order chi connectivity index (χ0) is 14.5. The van der Waals surface area contributed by atoms with Crippen molar-refractivity contribution in [2.75, 3.05) is 19.0 Å². The molecule has 1 unspecified atom stereocenters. The van der Waals surface area contributed by atoms with Crippen LogP contribution in [-0.2, 0) is 0 Å². The molecule has 19 heavy (non-hydrogen) atoms. The van der Waals surface area contributed by atoms with Crippen LogP contribution in [0.2, 0.25) is 0 Å². The van der Waals surface area contributed by atoms with Crippen molar-refractivity contribution in [3.05, 3.63) is 23.8 Å². The Kier molecular flexibility index (Phi) is 5.18. The molecule has 5 nitrogen and oxygen atoms in total. The maximum absolute atomic E-state index is 11.8. The number of carbonyl (C=O) groups is 1. The van der Waals surface area contributed by atoms with Gasteiger partial charge in [-0.1, -0.05) is 6.92 Å². The highest BCUT2D eigenvalue weighted by Crippen LogP contribution is 2.21. The average molecular weight is 266 g/mol. The lowest BCUT2D eigenvalue weighted by molar-refractivity contribution is 0.172. The number of nitrogens with one attached hydrogen (secondary N) is 2. The Labute approximate surface area is 114 Å². The van der Waals surface area contributed by atoms with Crippen molar-refractivity contribution >= 4 is 11.7 Å². The fraction of sp³-hybridized carbons (Fsp3) is 0.500. The maximum Gasteiger partial charge on any atom is 0.319 e. The van der Waals surface area contributed by atoms with Gasteiger partial charge in [-0.15, -0.1) is 0 Å². The molecule has 1 rings (SSSR count). The lowest BCUT2D eigenvalue weighted by Gasteiger charge is -2.27. The first kappa shape index (κ1) is 15.3. The first-order valence-electron chi connectivity index (χ1n) is 6.28. The number of urea groups is 1. The molecule has 0 bridgehead atoms. The van der Waals surface area contributed by atoms with Crippen LogP contribution in [0.4, 0.5) is 10.5 Å². The lowest BCUT2D eigenvalue weighted by atomic mass is 10.0. The minimum Gasteiger partial charge on any atom is -0.496 e. The molecule has 0 saturated heterocycles. The van der Waals surface area contributed by atoms with Gasteiger partial charge >= 0.3 is 6.03 Å². The quantitative estimate of drug-likeness (QED) is 0.765. The Morgan fingerprint density at radius 2 is 2.16 bits per heavy atom. The summed E-state index contributed by atoms with van der Waals surface area (Å²) in [5.41, 5.74) is 1.03. The van der Waals surface area contributed by atoms with Gasteiger partial charge in [0.1, 0.15) is 5.75 Å². The molecule has 0 aliphatic heterocycles. The summed E-state index contributed by atoms with van der Waals surface area (Å²) in [6.45, 7) is 5.52. The number of methoxy groups -OCH3 is 1. The second-order valence-corrected chi connectivity index (χ2v) is 4.84. The maximum atomic E-state index is 11.8. The van der Waals surface area contributed by atoms with Gasteiger partial charge in [-0.25, -0.2) is 4.79 Å². The third kappa shape index (κ3) is 4.13. The fourth-order valence-electron chi connectivity index (χ4n) is 1.63. The predicted octanol–water partition coefficient (Wildman–Crippen LogP) is 2.29. The molecule has 1 atom stereocenters. The van der Waals surface area contributed by atoms with Crippen molar-refractivity contribution < 1.29 is 14.6 Å². The molecule has 0 radical (unpaired) electrons. The number of aryl methyl sites for hydroxylation is 1. The van der Waals surface area contributed by atoms with Gasteiger partial charge in [-0.2, -0.15) is 0 Å². The van der Waals surface area contributed by atoms with Crippen LogP contribution >= 0.6 is 0 Å². The lowest BCUT2D eigenvalue weighted by Crippen LogP contribution is -2.50. The molecule has 1 aromatic carbocycles. The van der Waals surface area contributed by atoms with Crippen LogP contribution in [0.15, 0.2) is 18.2 Å². The van der Waals surface area contributed by atoms with Gasteiger partial charge in [-0.05, 0) is 44.0 Å². The van der Waals surface area contributed by atoms with E-state index < -0.39 is 5.54 Å². The van der Waals surface area contributed by atoms with Crippen LogP contribution < -0.4 is 15.4 Å². The molecule has 2 amide bonds. The van der Waals surface area contributed by atoms with E-state index in [2.05, 4.69) is 10.6 Å². The predicted molar refractivity (Wildman–Crippen MR) is 75.7 cm³/mol. The van der Waals surface area contributed by atoms with Gasteiger partial charge in [0, 0.05) is 5.69 Å². The van der Waals surface area contributed by atoms with Gasteiger partial charge in [0.05, 0.1) is 19.3 Å². The van der Waals surface area contributed by atoms with E-state index in [1.54, 1.807) is 26.2 Å². The Hall–Kier alpha value is -1.75. The molecule has 106 valence electrons. The Balaban J connectivity index is 2.70. The molecule has 5 heteroatoms. The number of rotatable bonds is 5. The molecule has 0 saturated carbocycles. The van der Waals surface area contributed by atoms with Crippen molar-refractivity contribution in [3.8, 4) is 5.75 Å². The van der Waals surface area contributed by atoms with Crippen LogP contribution in [0.25, 0.3) is 0 Å². The van der Waals surface area contributed by atoms with E-state index in [-0.39, 0.29) is 12.6 Å². The minimum atomic E-state index is -0.606. The normalized spacial score (nSPS) is 13.5. The van der Waals surface area contributed by atoms with Crippen molar-refractivity contribution in [1.29, 1.82) is 0 Å². The van der Waals surface area contributed by atoms with E-state index in [0.717, 1.165) is 11.3 Å². The van der Waals surface area contributed by atoms with E-state index in [0.29, 0.717) is 12.1 Å². The number of carbonyl (C=O) groups excluding carboxylic acids is 1. The number of hydrogen-bond donors (Lipinski definition) is 3. The first-order chi connectivity index (χ1) is 8.94. The number of aliphatic hydroxyl groups is 1. The van der Waals surface area contributed by atoms with Crippen molar-refractivity contribution in [1.82, 2.24) is 5.32 Å². The third-order valence-corrected chi connectivity index (χ3v) is 3.20. The largest absolute Gasteiger partial charge is 0.496 e. The molecule has 0 fully saturated rings. The van der Waals surface area contributed by atoms with Crippen LogP contribution in [0.5, 0.6) is 5.75 Å². The zero-order valence-electron chi connectivity index (χ0n) is 11.9. The molecule has 0 aromatic heterocycles. The van der Waals surface area contributed by atoms with Gasteiger partial charge in [-0.3, -0.25) is 0 Å². The summed E-state index contributed by atoms with van der Waals surface area (Å²) in [5.74, 6) is 0.778. The monoisotopic (exact) mass is 266 g/mol. The highest BCUT2D eigenvalue weighted by molar-refractivity contribution is 5.90. The number of aliphatic hydroxyl groups excluding tert-OH is 1. The second-order valence-electron chi connectivity index (χ2n) is 4.84. The highest BCUT2D eigenvalue weighted by Gasteiger charge is 2.23. The Morgan fingerprint density at radius 3 is 2.63 bits per heavy atom. The fourth-order valence-corrected chi connectivity index (χ4v) is 1.63. The summed E-state index contributed by atoms with van der Waals surface area (Å²) in [6, 6.07) is 5.08. The number of benzene rings is 1. The Morgan fingerprint density at radius 1 is 1.47 bits per heavy atom. The SMILES string of the molecule is CCC(C)(CO)NC(=O)Nc1ccc(OC)c(C)c1. The summed E-state index contributed by atoms with van der Waals surface area (Å²) in [6.07, 6.45) is 0.651. The number of amides is 2. The summed E-state index contributed by atoms with van der Waals surface area (Å²) in [5, 5.41) is 14.8. The number of ether oxygens (including phenoxy) is 1. The molecular weight excluding hydrogens is 244 g/mol. The van der Waals surface area contributed by atoms with E-state index >= 15 is 0 Å².